The molecule has 1 N–H and O–H groups in total. The molecule has 0 aromatic carbocycles. The molecule has 0 bridgehead atoms. The van der Waals surface area contributed by atoms with Crippen LogP contribution in [0.5, 0.6) is 0 Å². The van der Waals surface area contributed by atoms with Gasteiger partial charge in [0.05, 0.1) is 20.3 Å². The van der Waals surface area contributed by atoms with E-state index in [-0.39, 0.29) is 26.1 Å². The van der Waals surface area contributed by atoms with E-state index in [9.17, 15) is 19.2 Å². The van der Waals surface area contributed by atoms with E-state index in [0.717, 1.165) is 7.11 Å². The van der Waals surface area contributed by atoms with Gasteiger partial charge in [-0.05, 0) is 26.7 Å². The van der Waals surface area contributed by atoms with E-state index in [4.69, 9.17) is 9.47 Å². The molecule has 0 aliphatic heterocycles. The summed E-state index contributed by atoms with van der Waals surface area (Å²) >= 11 is 0. The molecule has 0 aromatic rings. The summed E-state index contributed by atoms with van der Waals surface area (Å²) in [7, 11) is 1.10. The highest BCUT2D eigenvalue weighted by molar-refractivity contribution is 6.12. The van der Waals surface area contributed by atoms with E-state index < -0.39 is 29.5 Å². The summed E-state index contributed by atoms with van der Waals surface area (Å²) in [5.74, 6) is -1.45. The Bertz CT molecular complexity index is 465. The molecular formula is C13H20N2O7. The molecule has 1 aliphatic rings. The van der Waals surface area contributed by atoms with Gasteiger partial charge in [-0.25, -0.2) is 19.8 Å². The number of carbonyl (C=O) groups is 4. The average molecular weight is 316 g/mol. The van der Waals surface area contributed by atoms with Crippen molar-refractivity contribution < 1.29 is 33.4 Å². The Morgan fingerprint density at radius 3 is 2.32 bits per heavy atom. The largest absolute Gasteiger partial charge is 0.467 e. The summed E-state index contributed by atoms with van der Waals surface area (Å²) in [5.41, 5.74) is 0.184. The van der Waals surface area contributed by atoms with Crippen LogP contribution in [0.15, 0.2) is 0 Å². The van der Waals surface area contributed by atoms with Gasteiger partial charge in [-0.15, -0.1) is 0 Å². The van der Waals surface area contributed by atoms with E-state index in [1.54, 1.807) is 13.8 Å². The predicted molar refractivity (Wildman–Crippen MR) is 72.6 cm³/mol. The van der Waals surface area contributed by atoms with Gasteiger partial charge in [0.15, 0.2) is 5.78 Å². The normalized spacial score (nSPS) is 20.2. The van der Waals surface area contributed by atoms with E-state index >= 15 is 0 Å². The van der Waals surface area contributed by atoms with Crippen LogP contribution < -0.4 is 5.43 Å². The Kier molecular flexibility index (Phi) is 6.14. The Hall–Kier alpha value is -2.32. The fourth-order valence-corrected chi connectivity index (χ4v) is 2.30. The smallest absolute Gasteiger partial charge is 0.430 e. The zero-order valence-electron chi connectivity index (χ0n) is 12.8. The van der Waals surface area contributed by atoms with Crippen LogP contribution in [0, 0.1) is 0 Å². The monoisotopic (exact) mass is 316 g/mol. The zero-order valence-corrected chi connectivity index (χ0v) is 12.8. The second kappa shape index (κ2) is 7.62. The van der Waals surface area contributed by atoms with E-state index in [1.807, 2.05) is 0 Å². The number of hydrogen-bond acceptors (Lipinski definition) is 7. The van der Waals surface area contributed by atoms with Crippen LogP contribution in [0.4, 0.5) is 9.59 Å². The number of amides is 2. The average Bonchev–Trinajstić information content (AvgIpc) is 2.87. The van der Waals surface area contributed by atoms with Crippen molar-refractivity contribution in [2.45, 2.75) is 38.6 Å². The number of nitrogens with one attached hydrogen (secondary N) is 1. The SMILES string of the molecule is CCOC(=O)NN(C(=O)OCC)C1(C(=O)OC)CCCC1=O. The Balaban J connectivity index is 3.19. The number of ketones is 1. The van der Waals surface area contributed by atoms with E-state index in [1.165, 1.54) is 0 Å². The maximum absolute atomic E-state index is 12.2. The van der Waals surface area contributed by atoms with Crippen molar-refractivity contribution in [1.82, 2.24) is 10.4 Å². The lowest BCUT2D eigenvalue weighted by molar-refractivity contribution is -0.160. The van der Waals surface area contributed by atoms with Crippen molar-refractivity contribution in [3.63, 3.8) is 0 Å². The van der Waals surface area contributed by atoms with Crippen LogP contribution in [0.2, 0.25) is 0 Å². The molecule has 2 amide bonds. The van der Waals surface area contributed by atoms with Crippen LogP contribution in [0.3, 0.4) is 0 Å². The second-order valence-corrected chi connectivity index (χ2v) is 4.50. The Morgan fingerprint density at radius 2 is 1.86 bits per heavy atom. The molecule has 1 rings (SSSR count). The lowest BCUT2D eigenvalue weighted by Crippen LogP contribution is -2.66. The fraction of sp³-hybridized carbons (Fsp3) is 0.692. The first kappa shape index (κ1) is 17.7. The van der Waals surface area contributed by atoms with Gasteiger partial charge >= 0.3 is 18.2 Å². The molecule has 9 nitrogen and oxygen atoms in total. The predicted octanol–water partition coefficient (Wildman–Crippen LogP) is 0.771. The molecule has 1 fully saturated rings. The van der Waals surface area contributed by atoms with Crippen molar-refractivity contribution in [3.05, 3.63) is 0 Å². The van der Waals surface area contributed by atoms with Crippen molar-refractivity contribution in [1.29, 1.82) is 0 Å². The third-order valence-electron chi connectivity index (χ3n) is 3.24. The van der Waals surface area contributed by atoms with Gasteiger partial charge in [0.2, 0.25) is 5.54 Å². The van der Waals surface area contributed by atoms with Gasteiger partial charge in [-0.1, -0.05) is 0 Å². The summed E-state index contributed by atoms with van der Waals surface area (Å²) in [6, 6.07) is 0. The highest BCUT2D eigenvalue weighted by Gasteiger charge is 2.58. The molecule has 1 unspecified atom stereocenters. The second-order valence-electron chi connectivity index (χ2n) is 4.50. The van der Waals surface area contributed by atoms with Gasteiger partial charge in [-0.2, -0.15) is 5.01 Å². The van der Waals surface area contributed by atoms with Crippen LogP contribution in [0.1, 0.15) is 33.1 Å². The Morgan fingerprint density at radius 1 is 1.23 bits per heavy atom. The minimum Gasteiger partial charge on any atom is -0.467 e. The summed E-state index contributed by atoms with van der Waals surface area (Å²) in [6.07, 6.45) is -1.50. The molecule has 0 aromatic heterocycles. The topological polar surface area (TPSA) is 111 Å². The van der Waals surface area contributed by atoms with Crippen LogP contribution in [-0.2, 0) is 23.8 Å². The number of methoxy groups -OCH3 is 1. The summed E-state index contributed by atoms with van der Waals surface area (Å²) in [5, 5.41) is 0.579. The third-order valence-corrected chi connectivity index (χ3v) is 3.24. The minimum absolute atomic E-state index is 0.00524. The van der Waals surface area contributed by atoms with Crippen molar-refractivity contribution in [2.24, 2.45) is 0 Å². The minimum atomic E-state index is -1.92. The first-order valence-electron chi connectivity index (χ1n) is 6.96. The molecule has 0 radical (unpaired) electrons. The molecule has 0 spiro atoms. The number of hydrazine groups is 1. The van der Waals surface area contributed by atoms with Crippen molar-refractivity contribution in [2.75, 3.05) is 20.3 Å². The first-order chi connectivity index (χ1) is 10.4. The van der Waals surface area contributed by atoms with E-state index in [0.29, 0.717) is 11.4 Å². The number of Topliss-reactive ketones (excluding diaryl/α,β-unsaturated/α-hetero) is 1. The number of esters is 1. The molecule has 124 valence electrons. The van der Waals surface area contributed by atoms with Crippen molar-refractivity contribution >= 4 is 23.9 Å². The third kappa shape index (κ3) is 3.29. The molecule has 1 saturated carbocycles. The number of rotatable bonds is 4. The van der Waals surface area contributed by atoms with Gasteiger partial charge in [-0.3, -0.25) is 4.79 Å². The highest BCUT2D eigenvalue weighted by Crippen LogP contribution is 2.33. The van der Waals surface area contributed by atoms with Crippen LogP contribution >= 0.6 is 0 Å². The van der Waals surface area contributed by atoms with Gasteiger partial charge in [0.1, 0.15) is 0 Å². The van der Waals surface area contributed by atoms with Gasteiger partial charge in [0, 0.05) is 6.42 Å². The lowest BCUT2D eigenvalue weighted by Gasteiger charge is -2.35. The molecule has 9 heteroatoms. The number of ether oxygens (including phenoxy) is 3. The fourth-order valence-electron chi connectivity index (χ4n) is 2.30. The lowest BCUT2D eigenvalue weighted by atomic mass is 9.96. The van der Waals surface area contributed by atoms with Gasteiger partial charge in [0.25, 0.3) is 0 Å². The zero-order chi connectivity index (χ0) is 16.8. The molecule has 1 atom stereocenters. The standard InChI is InChI=1S/C13H20N2O7/c1-4-21-11(18)14-15(12(19)22-5-2)13(10(17)20-3)8-6-7-9(13)16/h4-8H2,1-3H3,(H,14,18). The summed E-state index contributed by atoms with van der Waals surface area (Å²) < 4.78 is 14.2. The quantitative estimate of drug-likeness (QED) is 0.353. The van der Waals surface area contributed by atoms with E-state index in [2.05, 4.69) is 10.2 Å². The van der Waals surface area contributed by atoms with Crippen LogP contribution in [0.25, 0.3) is 0 Å². The summed E-state index contributed by atoms with van der Waals surface area (Å²) in [4.78, 5) is 48.1. The number of hydrogen-bond donors (Lipinski definition) is 1. The maximum Gasteiger partial charge on any atom is 0.430 e. The Labute approximate surface area is 127 Å². The molecule has 0 heterocycles. The maximum atomic E-state index is 12.2. The van der Waals surface area contributed by atoms with Gasteiger partial charge < -0.3 is 14.2 Å². The molecule has 1 aliphatic carbocycles. The number of carbonyl (C=O) groups excluding carboxylic acids is 4. The number of nitrogens with zero attached hydrogens (tertiary/aromatic N) is 1. The summed E-state index contributed by atoms with van der Waals surface area (Å²) in [6.45, 7) is 3.19. The van der Waals surface area contributed by atoms with Crippen molar-refractivity contribution in [3.8, 4) is 0 Å². The molecule has 0 saturated heterocycles. The highest BCUT2D eigenvalue weighted by atomic mass is 16.6. The molecule has 22 heavy (non-hydrogen) atoms. The first-order valence-corrected chi connectivity index (χ1v) is 6.96. The van der Waals surface area contributed by atoms with Crippen LogP contribution in [-0.4, -0.2) is 54.8 Å². The molecular weight excluding hydrogens is 296 g/mol.